The van der Waals surface area contributed by atoms with E-state index in [-0.39, 0.29) is 5.91 Å². The summed E-state index contributed by atoms with van der Waals surface area (Å²) < 4.78 is 0. The van der Waals surface area contributed by atoms with Gasteiger partial charge in [0.1, 0.15) is 5.82 Å². The van der Waals surface area contributed by atoms with Crippen molar-refractivity contribution in [2.24, 2.45) is 5.92 Å². The number of nitrogens with two attached hydrogens (primary N) is 1. The zero-order chi connectivity index (χ0) is 12.8. The SMILES string of the molecule is CC(C)CCCNC(=O)c1cc(N)ncc1Cl. The number of halogens is 1. The molecule has 1 aromatic heterocycles. The zero-order valence-electron chi connectivity index (χ0n) is 10.2. The van der Waals surface area contributed by atoms with Crippen LogP contribution in [0, 0.1) is 5.92 Å². The van der Waals surface area contributed by atoms with Gasteiger partial charge in [0, 0.05) is 12.7 Å². The third kappa shape index (κ3) is 4.61. The number of nitrogens with one attached hydrogen (secondary N) is 1. The van der Waals surface area contributed by atoms with E-state index in [0.29, 0.717) is 28.9 Å². The minimum Gasteiger partial charge on any atom is -0.384 e. The fourth-order valence-electron chi connectivity index (χ4n) is 1.44. The van der Waals surface area contributed by atoms with Gasteiger partial charge in [-0.3, -0.25) is 4.79 Å². The number of hydrogen-bond donors (Lipinski definition) is 2. The Bertz CT molecular complexity index is 393. The summed E-state index contributed by atoms with van der Waals surface area (Å²) in [4.78, 5) is 15.6. The highest BCUT2D eigenvalue weighted by molar-refractivity contribution is 6.33. The highest BCUT2D eigenvalue weighted by Crippen LogP contribution is 2.16. The van der Waals surface area contributed by atoms with Crippen molar-refractivity contribution in [3.05, 3.63) is 22.8 Å². The second-order valence-corrected chi connectivity index (χ2v) is 4.79. The average Bonchev–Trinajstić information content (AvgIpc) is 2.27. The van der Waals surface area contributed by atoms with Crippen molar-refractivity contribution >= 4 is 23.3 Å². The number of pyridine rings is 1. The molecule has 0 aromatic carbocycles. The van der Waals surface area contributed by atoms with E-state index in [2.05, 4.69) is 24.1 Å². The van der Waals surface area contributed by atoms with Crippen molar-refractivity contribution in [2.75, 3.05) is 12.3 Å². The van der Waals surface area contributed by atoms with Crippen LogP contribution in [0.1, 0.15) is 37.0 Å². The van der Waals surface area contributed by atoms with E-state index >= 15 is 0 Å². The molecule has 17 heavy (non-hydrogen) atoms. The molecule has 0 aliphatic rings. The van der Waals surface area contributed by atoms with Gasteiger partial charge in [-0.15, -0.1) is 0 Å². The Morgan fingerprint density at radius 1 is 1.59 bits per heavy atom. The van der Waals surface area contributed by atoms with Crippen LogP contribution < -0.4 is 11.1 Å². The first-order valence-corrected chi connectivity index (χ1v) is 6.07. The minimum absolute atomic E-state index is 0.201. The topological polar surface area (TPSA) is 68.0 Å². The first kappa shape index (κ1) is 13.8. The zero-order valence-corrected chi connectivity index (χ0v) is 10.9. The Labute approximate surface area is 107 Å². The number of carbonyl (C=O) groups excluding carboxylic acids is 1. The van der Waals surface area contributed by atoms with Crippen LogP contribution in [0.4, 0.5) is 5.82 Å². The second-order valence-electron chi connectivity index (χ2n) is 4.38. The second kappa shape index (κ2) is 6.45. The fourth-order valence-corrected chi connectivity index (χ4v) is 1.63. The van der Waals surface area contributed by atoms with Crippen molar-refractivity contribution in [1.29, 1.82) is 0 Å². The molecule has 4 nitrogen and oxygen atoms in total. The molecule has 5 heteroatoms. The molecule has 1 rings (SSSR count). The van der Waals surface area contributed by atoms with Crippen LogP contribution >= 0.6 is 11.6 Å². The summed E-state index contributed by atoms with van der Waals surface area (Å²) in [7, 11) is 0. The molecule has 3 N–H and O–H groups in total. The quantitative estimate of drug-likeness (QED) is 0.795. The molecule has 0 atom stereocenters. The molecule has 0 unspecified atom stereocenters. The fraction of sp³-hybridized carbons (Fsp3) is 0.500. The lowest BCUT2D eigenvalue weighted by Crippen LogP contribution is -2.25. The molecule has 0 aliphatic heterocycles. The number of nitrogen functional groups attached to an aromatic ring is 1. The summed E-state index contributed by atoms with van der Waals surface area (Å²) in [5.74, 6) is 0.738. The molecule has 1 amide bonds. The Kier molecular flexibility index (Phi) is 5.22. The number of hydrogen-bond acceptors (Lipinski definition) is 3. The smallest absolute Gasteiger partial charge is 0.252 e. The van der Waals surface area contributed by atoms with Crippen molar-refractivity contribution in [2.45, 2.75) is 26.7 Å². The van der Waals surface area contributed by atoms with Crippen LogP contribution in [0.25, 0.3) is 0 Å². The summed E-state index contributed by atoms with van der Waals surface area (Å²) in [5, 5.41) is 3.14. The molecule has 0 saturated heterocycles. The lowest BCUT2D eigenvalue weighted by molar-refractivity contribution is 0.0952. The third-order valence-electron chi connectivity index (χ3n) is 2.36. The first-order chi connectivity index (χ1) is 8.00. The molecule has 0 fully saturated rings. The van der Waals surface area contributed by atoms with Crippen molar-refractivity contribution in [1.82, 2.24) is 10.3 Å². The highest BCUT2D eigenvalue weighted by Gasteiger charge is 2.10. The van der Waals surface area contributed by atoms with Crippen LogP contribution in [0.5, 0.6) is 0 Å². The van der Waals surface area contributed by atoms with Gasteiger partial charge in [0.05, 0.1) is 10.6 Å². The minimum atomic E-state index is -0.201. The number of anilines is 1. The number of amides is 1. The van der Waals surface area contributed by atoms with Gasteiger partial charge < -0.3 is 11.1 Å². The van der Waals surface area contributed by atoms with Gasteiger partial charge in [-0.05, 0) is 24.8 Å². The Morgan fingerprint density at radius 2 is 2.29 bits per heavy atom. The Balaban J connectivity index is 2.49. The lowest BCUT2D eigenvalue weighted by atomic mass is 10.1. The van der Waals surface area contributed by atoms with Crippen molar-refractivity contribution in [3.63, 3.8) is 0 Å². The Morgan fingerprint density at radius 3 is 2.94 bits per heavy atom. The normalized spacial score (nSPS) is 10.6. The maximum atomic E-state index is 11.8. The Hall–Kier alpha value is -1.29. The molecule has 1 heterocycles. The van der Waals surface area contributed by atoms with E-state index in [1.54, 1.807) is 0 Å². The van der Waals surface area contributed by atoms with Gasteiger partial charge in [-0.2, -0.15) is 0 Å². The molecular formula is C12H18ClN3O. The lowest BCUT2D eigenvalue weighted by Gasteiger charge is -2.08. The van der Waals surface area contributed by atoms with Gasteiger partial charge in [-0.1, -0.05) is 25.4 Å². The van der Waals surface area contributed by atoms with Crippen LogP contribution in [0.15, 0.2) is 12.3 Å². The van der Waals surface area contributed by atoms with Gasteiger partial charge >= 0.3 is 0 Å². The van der Waals surface area contributed by atoms with E-state index in [0.717, 1.165) is 12.8 Å². The predicted molar refractivity (Wildman–Crippen MR) is 70.1 cm³/mol. The van der Waals surface area contributed by atoms with Gasteiger partial charge in [0.2, 0.25) is 0 Å². The number of rotatable bonds is 5. The van der Waals surface area contributed by atoms with Crippen LogP contribution in [-0.2, 0) is 0 Å². The standard InChI is InChI=1S/C12H18ClN3O/c1-8(2)4-3-5-15-12(17)9-6-11(14)16-7-10(9)13/h6-8H,3-5H2,1-2H3,(H2,14,16)(H,15,17). The summed E-state index contributed by atoms with van der Waals surface area (Å²) >= 11 is 5.88. The first-order valence-electron chi connectivity index (χ1n) is 5.70. The number of nitrogens with zero attached hydrogens (tertiary/aromatic N) is 1. The van der Waals surface area contributed by atoms with Crippen LogP contribution in [0.2, 0.25) is 5.02 Å². The summed E-state index contributed by atoms with van der Waals surface area (Å²) in [6.07, 6.45) is 3.44. The van der Waals surface area contributed by atoms with E-state index in [1.165, 1.54) is 12.3 Å². The maximum absolute atomic E-state index is 11.8. The maximum Gasteiger partial charge on any atom is 0.252 e. The molecular weight excluding hydrogens is 238 g/mol. The molecule has 0 aliphatic carbocycles. The van der Waals surface area contributed by atoms with E-state index < -0.39 is 0 Å². The van der Waals surface area contributed by atoms with Crippen molar-refractivity contribution < 1.29 is 4.79 Å². The number of carbonyl (C=O) groups is 1. The van der Waals surface area contributed by atoms with E-state index in [4.69, 9.17) is 17.3 Å². The molecule has 94 valence electrons. The highest BCUT2D eigenvalue weighted by atomic mass is 35.5. The monoisotopic (exact) mass is 255 g/mol. The average molecular weight is 256 g/mol. The van der Waals surface area contributed by atoms with Gasteiger partial charge in [0.15, 0.2) is 0 Å². The predicted octanol–water partition coefficient (Wildman–Crippen LogP) is 2.48. The van der Waals surface area contributed by atoms with E-state index in [9.17, 15) is 4.79 Å². The molecule has 0 radical (unpaired) electrons. The largest absolute Gasteiger partial charge is 0.384 e. The number of aromatic nitrogens is 1. The van der Waals surface area contributed by atoms with Crippen LogP contribution in [-0.4, -0.2) is 17.4 Å². The summed E-state index contributed by atoms with van der Waals surface area (Å²) in [6.45, 7) is 4.96. The molecule has 0 bridgehead atoms. The van der Waals surface area contributed by atoms with Crippen LogP contribution in [0.3, 0.4) is 0 Å². The molecule has 1 aromatic rings. The van der Waals surface area contributed by atoms with Gasteiger partial charge in [0.25, 0.3) is 5.91 Å². The molecule has 0 saturated carbocycles. The third-order valence-corrected chi connectivity index (χ3v) is 2.67. The summed E-state index contributed by atoms with van der Waals surface area (Å²) in [5.41, 5.74) is 5.89. The van der Waals surface area contributed by atoms with E-state index in [1.807, 2.05) is 0 Å². The van der Waals surface area contributed by atoms with Gasteiger partial charge in [-0.25, -0.2) is 4.98 Å². The molecule has 0 spiro atoms. The summed E-state index contributed by atoms with van der Waals surface area (Å²) in [6, 6.07) is 1.49. The van der Waals surface area contributed by atoms with Crippen molar-refractivity contribution in [3.8, 4) is 0 Å².